The Morgan fingerprint density at radius 3 is 2.75 bits per heavy atom. The molecular formula is C13H17FN2O4. The normalized spacial score (nSPS) is 10.2. The maximum absolute atomic E-state index is 13.6. The smallest absolute Gasteiger partial charge is 0.337 e. The predicted molar refractivity (Wildman–Crippen MR) is 71.5 cm³/mol. The Kier molecular flexibility index (Phi) is 5.92. The summed E-state index contributed by atoms with van der Waals surface area (Å²) in [6, 6.07) is 2.98. The summed E-state index contributed by atoms with van der Waals surface area (Å²) in [6.07, 6.45) is 0. The van der Waals surface area contributed by atoms with Gasteiger partial charge in [0.15, 0.2) is 0 Å². The molecule has 0 spiro atoms. The Labute approximate surface area is 116 Å². The Hall–Kier alpha value is -2.15. The minimum Gasteiger partial charge on any atom is -0.478 e. The number of halogens is 1. The van der Waals surface area contributed by atoms with Gasteiger partial charge in [-0.05, 0) is 19.1 Å². The number of carbonyl (C=O) groups excluding carboxylic acids is 1. The molecule has 20 heavy (non-hydrogen) atoms. The molecule has 0 radical (unpaired) electrons. The first kappa shape index (κ1) is 15.9. The van der Waals surface area contributed by atoms with E-state index < -0.39 is 17.8 Å². The molecule has 2 N–H and O–H groups in total. The summed E-state index contributed by atoms with van der Waals surface area (Å²) in [6.45, 7) is 3.03. The van der Waals surface area contributed by atoms with E-state index >= 15 is 0 Å². The maximum atomic E-state index is 13.6. The number of aromatic carboxylic acids is 1. The van der Waals surface area contributed by atoms with Crippen LogP contribution in [0.4, 0.5) is 14.9 Å². The van der Waals surface area contributed by atoms with Crippen LogP contribution in [-0.4, -0.2) is 48.8 Å². The van der Waals surface area contributed by atoms with Crippen molar-refractivity contribution in [3.8, 4) is 0 Å². The minimum atomic E-state index is -1.31. The van der Waals surface area contributed by atoms with E-state index in [1.54, 1.807) is 0 Å². The van der Waals surface area contributed by atoms with Crippen LogP contribution in [0, 0.1) is 5.82 Å². The van der Waals surface area contributed by atoms with E-state index in [1.165, 1.54) is 24.1 Å². The fourth-order valence-electron chi connectivity index (χ4n) is 1.48. The third-order valence-electron chi connectivity index (χ3n) is 2.60. The first-order valence-corrected chi connectivity index (χ1v) is 6.09. The van der Waals surface area contributed by atoms with Gasteiger partial charge in [0.2, 0.25) is 0 Å². The van der Waals surface area contributed by atoms with Crippen LogP contribution >= 0.6 is 0 Å². The number of carboxylic acids is 1. The fourth-order valence-corrected chi connectivity index (χ4v) is 1.48. The lowest BCUT2D eigenvalue weighted by molar-refractivity contribution is 0.0697. The zero-order chi connectivity index (χ0) is 15.1. The lowest BCUT2D eigenvalue weighted by Crippen LogP contribution is -2.34. The number of hydrogen-bond donors (Lipinski definition) is 2. The van der Waals surface area contributed by atoms with E-state index in [0.29, 0.717) is 19.8 Å². The molecule has 0 unspecified atom stereocenters. The summed E-state index contributed by atoms with van der Waals surface area (Å²) in [5, 5.41) is 11.2. The number of benzene rings is 1. The summed E-state index contributed by atoms with van der Waals surface area (Å²) < 4.78 is 18.7. The van der Waals surface area contributed by atoms with Gasteiger partial charge in [-0.3, -0.25) is 0 Å². The van der Waals surface area contributed by atoms with Gasteiger partial charge in [0.1, 0.15) is 5.82 Å². The molecule has 0 bridgehead atoms. The summed E-state index contributed by atoms with van der Waals surface area (Å²) in [7, 11) is 1.51. The first-order chi connectivity index (χ1) is 9.47. The summed E-state index contributed by atoms with van der Waals surface area (Å²) >= 11 is 0. The van der Waals surface area contributed by atoms with Crippen molar-refractivity contribution in [2.24, 2.45) is 0 Å². The minimum absolute atomic E-state index is 0.295. The first-order valence-electron chi connectivity index (χ1n) is 6.09. The average molecular weight is 284 g/mol. The molecule has 1 aromatic rings. The van der Waals surface area contributed by atoms with Crippen LogP contribution in [0.5, 0.6) is 0 Å². The van der Waals surface area contributed by atoms with Crippen molar-refractivity contribution in [3.63, 3.8) is 0 Å². The third kappa shape index (κ3) is 4.20. The summed E-state index contributed by atoms with van der Waals surface area (Å²) in [4.78, 5) is 24.1. The van der Waals surface area contributed by atoms with Crippen LogP contribution in [0.15, 0.2) is 18.2 Å². The van der Waals surface area contributed by atoms with E-state index in [0.717, 1.165) is 6.07 Å². The summed E-state index contributed by atoms with van der Waals surface area (Å²) in [5.41, 5.74) is -0.634. The van der Waals surface area contributed by atoms with Crippen LogP contribution in [0.2, 0.25) is 0 Å². The highest BCUT2D eigenvalue weighted by molar-refractivity contribution is 6.00. The lowest BCUT2D eigenvalue weighted by Gasteiger charge is -2.18. The van der Waals surface area contributed by atoms with Crippen LogP contribution in [0.1, 0.15) is 17.3 Å². The number of carbonyl (C=O) groups is 2. The number of amides is 2. The van der Waals surface area contributed by atoms with Crippen molar-refractivity contribution in [1.82, 2.24) is 4.90 Å². The maximum Gasteiger partial charge on any atom is 0.337 e. The van der Waals surface area contributed by atoms with Gasteiger partial charge in [-0.25, -0.2) is 14.0 Å². The number of ether oxygens (including phenoxy) is 1. The van der Waals surface area contributed by atoms with E-state index in [-0.39, 0.29) is 11.3 Å². The number of urea groups is 1. The second kappa shape index (κ2) is 7.44. The number of para-hydroxylation sites is 1. The van der Waals surface area contributed by atoms with E-state index in [9.17, 15) is 14.0 Å². The Bertz CT molecular complexity index is 493. The molecule has 1 aromatic carbocycles. The van der Waals surface area contributed by atoms with Gasteiger partial charge in [0, 0.05) is 20.2 Å². The number of hydrogen-bond acceptors (Lipinski definition) is 3. The second-order valence-corrected chi connectivity index (χ2v) is 4.02. The lowest BCUT2D eigenvalue weighted by atomic mass is 10.1. The van der Waals surface area contributed by atoms with Crippen molar-refractivity contribution in [2.75, 3.05) is 32.1 Å². The van der Waals surface area contributed by atoms with Crippen molar-refractivity contribution >= 4 is 17.7 Å². The SMILES string of the molecule is CCOCCN(C)C(=O)Nc1c(F)cccc1C(=O)O. The van der Waals surface area contributed by atoms with Crippen LogP contribution in [0.25, 0.3) is 0 Å². The van der Waals surface area contributed by atoms with Gasteiger partial charge >= 0.3 is 12.0 Å². The van der Waals surface area contributed by atoms with Crippen molar-refractivity contribution < 1.29 is 23.8 Å². The van der Waals surface area contributed by atoms with Crippen LogP contribution < -0.4 is 5.32 Å². The van der Waals surface area contributed by atoms with Gasteiger partial charge in [-0.1, -0.05) is 6.07 Å². The molecule has 110 valence electrons. The predicted octanol–water partition coefficient (Wildman–Crippen LogP) is 2.02. The molecule has 0 fully saturated rings. The molecule has 0 saturated carbocycles. The zero-order valence-corrected chi connectivity index (χ0v) is 11.4. The van der Waals surface area contributed by atoms with Gasteiger partial charge < -0.3 is 20.1 Å². The molecule has 0 aromatic heterocycles. The van der Waals surface area contributed by atoms with Crippen LogP contribution in [0.3, 0.4) is 0 Å². The Morgan fingerprint density at radius 2 is 2.15 bits per heavy atom. The van der Waals surface area contributed by atoms with Crippen molar-refractivity contribution in [2.45, 2.75) is 6.92 Å². The number of anilines is 1. The van der Waals surface area contributed by atoms with Gasteiger partial charge in [0.25, 0.3) is 0 Å². The topological polar surface area (TPSA) is 78.9 Å². The Morgan fingerprint density at radius 1 is 1.45 bits per heavy atom. The highest BCUT2D eigenvalue weighted by Gasteiger charge is 2.18. The average Bonchev–Trinajstić information content (AvgIpc) is 2.40. The standard InChI is InChI=1S/C13H17FN2O4/c1-3-20-8-7-16(2)13(19)15-11-9(12(17)18)5-4-6-10(11)14/h4-6H,3,7-8H2,1-2H3,(H,15,19)(H,17,18). The molecular weight excluding hydrogens is 267 g/mol. The fraction of sp³-hybridized carbons (Fsp3) is 0.385. The van der Waals surface area contributed by atoms with E-state index in [4.69, 9.17) is 9.84 Å². The number of likely N-dealkylation sites (N-methyl/N-ethyl adjacent to an activating group) is 1. The number of carboxylic acid groups (broad SMARTS) is 1. The zero-order valence-electron chi connectivity index (χ0n) is 11.4. The van der Waals surface area contributed by atoms with Crippen molar-refractivity contribution in [3.05, 3.63) is 29.6 Å². The number of nitrogens with zero attached hydrogens (tertiary/aromatic N) is 1. The largest absolute Gasteiger partial charge is 0.478 e. The highest BCUT2D eigenvalue weighted by atomic mass is 19.1. The molecule has 0 aliphatic carbocycles. The van der Waals surface area contributed by atoms with Gasteiger partial charge in [-0.15, -0.1) is 0 Å². The molecule has 6 nitrogen and oxygen atoms in total. The summed E-state index contributed by atoms with van der Waals surface area (Å²) in [5.74, 6) is -2.10. The Balaban J connectivity index is 2.77. The highest BCUT2D eigenvalue weighted by Crippen LogP contribution is 2.20. The number of rotatable bonds is 6. The number of nitrogens with one attached hydrogen (secondary N) is 1. The van der Waals surface area contributed by atoms with E-state index in [1.807, 2.05) is 6.92 Å². The van der Waals surface area contributed by atoms with Gasteiger partial charge in [-0.2, -0.15) is 0 Å². The third-order valence-corrected chi connectivity index (χ3v) is 2.60. The molecule has 0 aliphatic heterocycles. The molecule has 7 heteroatoms. The molecule has 2 amide bonds. The monoisotopic (exact) mass is 284 g/mol. The van der Waals surface area contributed by atoms with Crippen LogP contribution in [-0.2, 0) is 4.74 Å². The molecule has 0 heterocycles. The van der Waals surface area contributed by atoms with E-state index in [2.05, 4.69) is 5.32 Å². The molecule has 0 atom stereocenters. The second-order valence-electron chi connectivity index (χ2n) is 4.02. The molecule has 0 saturated heterocycles. The van der Waals surface area contributed by atoms with Crippen molar-refractivity contribution in [1.29, 1.82) is 0 Å². The molecule has 1 rings (SSSR count). The van der Waals surface area contributed by atoms with Gasteiger partial charge in [0.05, 0.1) is 17.9 Å². The molecule has 0 aliphatic rings. The quantitative estimate of drug-likeness (QED) is 0.783.